The molecule has 2 N–H and O–H groups in total. The minimum Gasteiger partial charge on any atom is -0.481 e. The number of aromatic nitrogens is 2. The van der Waals surface area contributed by atoms with Crippen LogP contribution in [0.25, 0.3) is 0 Å². The fourth-order valence-corrected chi connectivity index (χ4v) is 2.34. The van der Waals surface area contributed by atoms with Crippen LogP contribution in [0.4, 0.5) is 4.79 Å². The van der Waals surface area contributed by atoms with Gasteiger partial charge in [-0.3, -0.25) is 4.79 Å². The van der Waals surface area contributed by atoms with Gasteiger partial charge in [0.25, 0.3) is 0 Å². The van der Waals surface area contributed by atoms with Crippen molar-refractivity contribution in [2.24, 2.45) is 0 Å². The van der Waals surface area contributed by atoms with Crippen molar-refractivity contribution in [1.82, 2.24) is 20.4 Å². The molecule has 0 radical (unpaired) electrons. The number of urea groups is 1. The number of carboxylic acid groups (broad SMARTS) is 1. The molecule has 1 aliphatic heterocycles. The Hall–Kier alpha value is -2.12. The predicted octanol–water partition coefficient (Wildman–Crippen LogP) is 0.569. The van der Waals surface area contributed by atoms with Gasteiger partial charge in [-0.15, -0.1) is 0 Å². The van der Waals surface area contributed by atoms with Crippen molar-refractivity contribution in [3.8, 4) is 0 Å². The molecule has 2 rings (SSSR count). The smallest absolute Gasteiger partial charge is 0.317 e. The molecule has 1 aromatic rings. The molecule has 2 heterocycles. The lowest BCUT2D eigenvalue weighted by Gasteiger charge is -2.23. The maximum absolute atomic E-state index is 12.0. The topological polar surface area (TPSA) is 109 Å². The summed E-state index contributed by atoms with van der Waals surface area (Å²) >= 11 is 0. The summed E-state index contributed by atoms with van der Waals surface area (Å²) in [6.07, 6.45) is 2.07. The normalized spacial score (nSPS) is 18.2. The molecule has 1 fully saturated rings. The molecule has 0 bridgehead atoms. The molecule has 0 spiro atoms. The Morgan fingerprint density at radius 2 is 2.35 bits per heavy atom. The molecular formula is C12H18N4O4. The number of likely N-dealkylation sites (tertiary alicyclic amines) is 1. The minimum absolute atomic E-state index is 0.00252. The highest BCUT2D eigenvalue weighted by Crippen LogP contribution is 2.19. The fraction of sp³-hybridized carbons (Fsp3) is 0.667. The first-order chi connectivity index (χ1) is 9.56. The molecule has 8 heteroatoms. The van der Waals surface area contributed by atoms with Gasteiger partial charge in [0.15, 0.2) is 5.82 Å². The van der Waals surface area contributed by atoms with Gasteiger partial charge in [0.05, 0.1) is 6.42 Å². The molecule has 2 amide bonds. The molecular weight excluding hydrogens is 264 g/mol. The van der Waals surface area contributed by atoms with Crippen LogP contribution in [0, 0.1) is 6.92 Å². The lowest BCUT2D eigenvalue weighted by atomic mass is 10.1. The Labute approximate surface area is 116 Å². The third kappa shape index (κ3) is 3.69. The maximum atomic E-state index is 12.0. The summed E-state index contributed by atoms with van der Waals surface area (Å²) in [6.45, 7) is 2.70. The van der Waals surface area contributed by atoms with Gasteiger partial charge >= 0.3 is 12.0 Å². The molecule has 0 aromatic carbocycles. The number of hydrogen-bond acceptors (Lipinski definition) is 5. The van der Waals surface area contributed by atoms with Crippen LogP contribution in [0.2, 0.25) is 0 Å². The average molecular weight is 282 g/mol. The number of nitrogens with one attached hydrogen (secondary N) is 1. The quantitative estimate of drug-likeness (QED) is 0.817. The van der Waals surface area contributed by atoms with Gasteiger partial charge in [-0.2, -0.15) is 4.98 Å². The second-order valence-electron chi connectivity index (χ2n) is 4.80. The van der Waals surface area contributed by atoms with E-state index in [0.717, 1.165) is 12.8 Å². The molecule has 0 saturated carbocycles. The van der Waals surface area contributed by atoms with E-state index in [1.54, 1.807) is 11.8 Å². The molecule has 1 unspecified atom stereocenters. The van der Waals surface area contributed by atoms with E-state index in [4.69, 9.17) is 9.63 Å². The molecule has 8 nitrogen and oxygen atoms in total. The summed E-state index contributed by atoms with van der Waals surface area (Å²) in [5.74, 6) is 0.163. The van der Waals surface area contributed by atoms with E-state index in [1.807, 2.05) is 0 Å². The van der Waals surface area contributed by atoms with Crippen molar-refractivity contribution in [3.63, 3.8) is 0 Å². The summed E-state index contributed by atoms with van der Waals surface area (Å²) in [6, 6.07) is -0.436. The third-order valence-electron chi connectivity index (χ3n) is 3.24. The Morgan fingerprint density at radius 3 is 3.00 bits per heavy atom. The van der Waals surface area contributed by atoms with Crippen LogP contribution in [0.3, 0.4) is 0 Å². The van der Waals surface area contributed by atoms with Crippen LogP contribution in [0.5, 0.6) is 0 Å². The number of aryl methyl sites for hydroxylation is 1. The van der Waals surface area contributed by atoms with E-state index < -0.39 is 5.97 Å². The highest BCUT2D eigenvalue weighted by molar-refractivity contribution is 5.76. The van der Waals surface area contributed by atoms with Gasteiger partial charge in [-0.25, -0.2) is 4.79 Å². The van der Waals surface area contributed by atoms with Crippen molar-refractivity contribution < 1.29 is 19.2 Å². The summed E-state index contributed by atoms with van der Waals surface area (Å²) < 4.78 is 4.83. The third-order valence-corrected chi connectivity index (χ3v) is 3.24. The van der Waals surface area contributed by atoms with E-state index in [0.29, 0.717) is 31.2 Å². The Morgan fingerprint density at radius 1 is 1.55 bits per heavy atom. The SMILES string of the molecule is Cc1nc(CCNC(=O)N2CCCC2CC(=O)O)no1. The van der Waals surface area contributed by atoms with E-state index in [2.05, 4.69) is 15.5 Å². The molecule has 110 valence electrons. The van der Waals surface area contributed by atoms with Gasteiger partial charge in [-0.05, 0) is 12.8 Å². The molecule has 1 saturated heterocycles. The average Bonchev–Trinajstić information content (AvgIpc) is 2.98. The Kier molecular flexibility index (Phi) is 4.54. The number of carboxylic acids is 1. The maximum Gasteiger partial charge on any atom is 0.317 e. The standard InChI is InChI=1S/C12H18N4O4/c1-8-14-10(15-20-8)4-5-13-12(19)16-6-2-3-9(16)7-11(17)18/h9H,2-7H2,1H3,(H,13,19)(H,17,18). The van der Waals surface area contributed by atoms with Gasteiger partial charge in [0.2, 0.25) is 5.89 Å². The van der Waals surface area contributed by atoms with E-state index in [1.165, 1.54) is 0 Å². The largest absolute Gasteiger partial charge is 0.481 e. The number of nitrogens with zero attached hydrogens (tertiary/aromatic N) is 3. The van der Waals surface area contributed by atoms with Crippen molar-refractivity contribution in [3.05, 3.63) is 11.7 Å². The zero-order valence-corrected chi connectivity index (χ0v) is 11.3. The lowest BCUT2D eigenvalue weighted by Crippen LogP contribution is -2.44. The van der Waals surface area contributed by atoms with Crippen LogP contribution in [-0.2, 0) is 11.2 Å². The summed E-state index contributed by atoms with van der Waals surface area (Å²) in [5.41, 5.74) is 0. The molecule has 0 aliphatic carbocycles. The fourth-order valence-electron chi connectivity index (χ4n) is 2.34. The van der Waals surface area contributed by atoms with Crippen molar-refractivity contribution in [1.29, 1.82) is 0 Å². The van der Waals surface area contributed by atoms with Crippen LogP contribution in [0.15, 0.2) is 4.52 Å². The number of aliphatic carboxylic acids is 1. The molecule has 1 atom stereocenters. The van der Waals surface area contributed by atoms with Crippen molar-refractivity contribution >= 4 is 12.0 Å². The summed E-state index contributed by atoms with van der Waals surface area (Å²) in [4.78, 5) is 28.4. The van der Waals surface area contributed by atoms with Crippen LogP contribution < -0.4 is 5.32 Å². The lowest BCUT2D eigenvalue weighted by molar-refractivity contribution is -0.137. The summed E-state index contributed by atoms with van der Waals surface area (Å²) in [5, 5.41) is 15.3. The zero-order valence-electron chi connectivity index (χ0n) is 11.3. The first kappa shape index (κ1) is 14.3. The predicted molar refractivity (Wildman–Crippen MR) is 68.1 cm³/mol. The van der Waals surface area contributed by atoms with E-state index >= 15 is 0 Å². The minimum atomic E-state index is -0.878. The molecule has 1 aliphatic rings. The van der Waals surface area contributed by atoms with Gasteiger partial charge in [0, 0.05) is 32.5 Å². The Balaban J connectivity index is 1.77. The van der Waals surface area contributed by atoms with E-state index in [9.17, 15) is 9.59 Å². The van der Waals surface area contributed by atoms with Crippen molar-refractivity contribution in [2.45, 2.75) is 38.6 Å². The van der Waals surface area contributed by atoms with Gasteiger partial charge < -0.3 is 19.8 Å². The highest BCUT2D eigenvalue weighted by Gasteiger charge is 2.30. The number of hydrogen-bond donors (Lipinski definition) is 2. The number of carbonyl (C=O) groups excluding carboxylic acids is 1. The van der Waals surface area contributed by atoms with Gasteiger partial charge in [0.1, 0.15) is 0 Å². The molecule has 1 aromatic heterocycles. The van der Waals surface area contributed by atoms with Crippen molar-refractivity contribution in [2.75, 3.05) is 13.1 Å². The van der Waals surface area contributed by atoms with Gasteiger partial charge in [-0.1, -0.05) is 5.16 Å². The van der Waals surface area contributed by atoms with E-state index in [-0.39, 0.29) is 18.5 Å². The van der Waals surface area contributed by atoms with Crippen LogP contribution in [0.1, 0.15) is 31.0 Å². The second kappa shape index (κ2) is 6.36. The highest BCUT2D eigenvalue weighted by atomic mass is 16.5. The first-order valence-corrected chi connectivity index (χ1v) is 6.61. The Bertz CT molecular complexity index is 488. The van der Waals surface area contributed by atoms with Crippen LogP contribution in [-0.4, -0.2) is 51.3 Å². The number of rotatable bonds is 5. The van der Waals surface area contributed by atoms with Crippen LogP contribution >= 0.6 is 0 Å². The summed E-state index contributed by atoms with van der Waals surface area (Å²) in [7, 11) is 0. The monoisotopic (exact) mass is 282 g/mol. The number of amides is 2. The zero-order chi connectivity index (χ0) is 14.5. The first-order valence-electron chi connectivity index (χ1n) is 6.61. The second-order valence-corrected chi connectivity index (χ2v) is 4.80. The molecule has 20 heavy (non-hydrogen) atoms. The number of carbonyl (C=O) groups is 2.